The second kappa shape index (κ2) is 3.84. The molecule has 2 aromatic carbocycles. The predicted molar refractivity (Wildman–Crippen MR) is 78.2 cm³/mol. The monoisotopic (exact) mass is 264 g/mol. The van der Waals surface area contributed by atoms with E-state index in [0.717, 1.165) is 33.5 Å². The van der Waals surface area contributed by atoms with Gasteiger partial charge in [-0.1, -0.05) is 0 Å². The van der Waals surface area contributed by atoms with Crippen LogP contribution in [0.15, 0.2) is 40.8 Å². The van der Waals surface area contributed by atoms with Gasteiger partial charge in [0.1, 0.15) is 11.3 Å². The van der Waals surface area contributed by atoms with Crippen LogP contribution in [0.1, 0.15) is 5.89 Å². The van der Waals surface area contributed by atoms with Crippen LogP contribution in [0.5, 0.6) is 0 Å². The number of hydrogen-bond donors (Lipinski definition) is 2. The zero-order chi connectivity index (χ0) is 13.7. The van der Waals surface area contributed by atoms with Crippen LogP contribution in [0.3, 0.4) is 0 Å². The Morgan fingerprint density at radius 3 is 2.85 bits per heavy atom. The average Bonchev–Trinajstić information content (AvgIpc) is 2.99. The molecule has 0 spiro atoms. The number of fused-ring (bicyclic) bond motifs is 2. The number of benzene rings is 2. The molecule has 4 rings (SSSR count). The van der Waals surface area contributed by atoms with E-state index in [9.17, 15) is 0 Å². The summed E-state index contributed by atoms with van der Waals surface area (Å²) in [5.74, 6) is 1.45. The number of nitrogens with one attached hydrogen (secondary N) is 1. The lowest BCUT2D eigenvalue weighted by Crippen LogP contribution is -1.82. The molecular weight excluding hydrogens is 252 g/mol. The molecule has 0 radical (unpaired) electrons. The maximum absolute atomic E-state index is 5.77. The van der Waals surface area contributed by atoms with Crippen molar-refractivity contribution >= 4 is 27.8 Å². The van der Waals surface area contributed by atoms with E-state index >= 15 is 0 Å². The summed E-state index contributed by atoms with van der Waals surface area (Å²) in [6, 6.07) is 11.5. The van der Waals surface area contributed by atoms with E-state index in [1.807, 2.05) is 43.3 Å². The van der Waals surface area contributed by atoms with Gasteiger partial charge < -0.3 is 15.1 Å². The van der Waals surface area contributed by atoms with Crippen molar-refractivity contribution < 1.29 is 4.42 Å². The maximum atomic E-state index is 5.77. The smallest absolute Gasteiger partial charge is 0.192 e. The summed E-state index contributed by atoms with van der Waals surface area (Å²) in [5.41, 5.74) is 10.9. The van der Waals surface area contributed by atoms with Crippen molar-refractivity contribution in [3.8, 4) is 11.4 Å². The number of nitrogens with two attached hydrogens (primary N) is 1. The average molecular weight is 264 g/mol. The Bertz CT molecular complexity index is 936. The number of oxazole rings is 1. The summed E-state index contributed by atoms with van der Waals surface area (Å²) in [5, 5.41) is 0. The van der Waals surface area contributed by atoms with E-state index in [-0.39, 0.29) is 0 Å². The summed E-state index contributed by atoms with van der Waals surface area (Å²) in [7, 11) is 0. The molecular formula is C15H12N4O. The first kappa shape index (κ1) is 11.0. The van der Waals surface area contributed by atoms with E-state index in [0.29, 0.717) is 11.6 Å². The van der Waals surface area contributed by atoms with Gasteiger partial charge >= 0.3 is 0 Å². The van der Waals surface area contributed by atoms with Crippen molar-refractivity contribution in [2.24, 2.45) is 0 Å². The Hall–Kier alpha value is -2.82. The van der Waals surface area contributed by atoms with Crippen molar-refractivity contribution in [2.75, 3.05) is 5.73 Å². The minimum atomic E-state index is 0.662. The van der Waals surface area contributed by atoms with Gasteiger partial charge in [0.15, 0.2) is 11.5 Å². The topological polar surface area (TPSA) is 80.7 Å². The van der Waals surface area contributed by atoms with Crippen LogP contribution in [0, 0.1) is 6.92 Å². The summed E-state index contributed by atoms with van der Waals surface area (Å²) in [4.78, 5) is 12.1. The number of nitrogen functional groups attached to an aromatic ring is 1. The van der Waals surface area contributed by atoms with Crippen molar-refractivity contribution in [3.63, 3.8) is 0 Å². The summed E-state index contributed by atoms with van der Waals surface area (Å²) >= 11 is 0. The second-order valence-corrected chi connectivity index (χ2v) is 4.78. The fraction of sp³-hybridized carbons (Fsp3) is 0.0667. The molecule has 98 valence electrons. The van der Waals surface area contributed by atoms with Crippen molar-refractivity contribution in [1.29, 1.82) is 0 Å². The lowest BCUT2D eigenvalue weighted by Gasteiger charge is -1.95. The van der Waals surface area contributed by atoms with Crippen LogP contribution < -0.4 is 5.73 Å². The number of H-pyrrole nitrogens is 1. The lowest BCUT2D eigenvalue weighted by molar-refractivity contribution is 0.561. The quantitative estimate of drug-likeness (QED) is 0.517. The van der Waals surface area contributed by atoms with Crippen LogP contribution in [0.4, 0.5) is 5.69 Å². The van der Waals surface area contributed by atoms with Crippen LogP contribution >= 0.6 is 0 Å². The Labute approximate surface area is 114 Å². The van der Waals surface area contributed by atoms with Gasteiger partial charge in [-0.15, -0.1) is 0 Å². The Balaban J connectivity index is 1.90. The predicted octanol–water partition coefficient (Wildman–Crippen LogP) is 3.26. The first-order valence-electron chi connectivity index (χ1n) is 6.32. The summed E-state index contributed by atoms with van der Waals surface area (Å²) < 4.78 is 5.55. The van der Waals surface area contributed by atoms with Gasteiger partial charge in [-0.25, -0.2) is 9.97 Å². The molecule has 0 aliphatic heterocycles. The highest BCUT2D eigenvalue weighted by Crippen LogP contribution is 2.25. The molecule has 0 saturated carbocycles. The van der Waals surface area contributed by atoms with E-state index in [1.165, 1.54) is 0 Å². The maximum Gasteiger partial charge on any atom is 0.192 e. The number of imidazole rings is 1. The summed E-state index contributed by atoms with van der Waals surface area (Å²) in [6.07, 6.45) is 0. The van der Waals surface area contributed by atoms with Gasteiger partial charge in [-0.2, -0.15) is 0 Å². The minimum absolute atomic E-state index is 0.662. The largest absolute Gasteiger partial charge is 0.441 e. The number of rotatable bonds is 1. The number of anilines is 1. The molecule has 4 aromatic rings. The van der Waals surface area contributed by atoms with E-state index in [1.54, 1.807) is 0 Å². The fourth-order valence-corrected chi connectivity index (χ4v) is 2.35. The molecule has 3 N–H and O–H groups in total. The highest BCUT2D eigenvalue weighted by atomic mass is 16.3. The number of aromatic nitrogens is 3. The molecule has 2 heterocycles. The van der Waals surface area contributed by atoms with Crippen molar-refractivity contribution in [2.45, 2.75) is 6.92 Å². The standard InChI is InChI=1S/C15H12N4O/c1-8-17-12-4-2-9(6-14(12)20-8)15-18-11-5-3-10(16)7-13(11)19-15/h2-7H,16H2,1H3,(H,18,19). The SMILES string of the molecule is Cc1nc2ccc(-c3nc4cc(N)ccc4[nH]3)cc2o1. The third-order valence-corrected chi connectivity index (χ3v) is 3.28. The molecule has 0 fully saturated rings. The molecule has 0 bridgehead atoms. The zero-order valence-electron chi connectivity index (χ0n) is 10.8. The van der Waals surface area contributed by atoms with Gasteiger partial charge in [0.25, 0.3) is 0 Å². The van der Waals surface area contributed by atoms with Crippen molar-refractivity contribution in [3.05, 3.63) is 42.3 Å². The number of hydrogen-bond acceptors (Lipinski definition) is 4. The van der Waals surface area contributed by atoms with E-state index in [4.69, 9.17) is 10.2 Å². The van der Waals surface area contributed by atoms with Crippen LogP contribution in [-0.4, -0.2) is 15.0 Å². The number of nitrogens with zero attached hydrogens (tertiary/aromatic N) is 2. The molecule has 20 heavy (non-hydrogen) atoms. The Morgan fingerprint density at radius 2 is 1.95 bits per heavy atom. The van der Waals surface area contributed by atoms with E-state index < -0.39 is 0 Å². The van der Waals surface area contributed by atoms with Crippen molar-refractivity contribution in [1.82, 2.24) is 15.0 Å². The molecule has 0 unspecified atom stereocenters. The third-order valence-electron chi connectivity index (χ3n) is 3.28. The number of aryl methyl sites for hydroxylation is 1. The highest BCUT2D eigenvalue weighted by molar-refractivity contribution is 5.84. The third kappa shape index (κ3) is 1.64. The molecule has 5 nitrogen and oxygen atoms in total. The normalized spacial score (nSPS) is 11.4. The molecule has 5 heteroatoms. The van der Waals surface area contributed by atoms with Gasteiger partial charge in [0, 0.05) is 18.2 Å². The minimum Gasteiger partial charge on any atom is -0.441 e. The van der Waals surface area contributed by atoms with Gasteiger partial charge in [-0.3, -0.25) is 0 Å². The zero-order valence-corrected chi connectivity index (χ0v) is 10.8. The molecule has 2 aromatic heterocycles. The first-order valence-corrected chi connectivity index (χ1v) is 6.32. The molecule has 0 amide bonds. The molecule has 0 aliphatic carbocycles. The molecule has 0 saturated heterocycles. The Morgan fingerprint density at radius 1 is 1.05 bits per heavy atom. The van der Waals surface area contributed by atoms with Gasteiger partial charge in [-0.05, 0) is 36.4 Å². The number of aromatic amines is 1. The fourth-order valence-electron chi connectivity index (χ4n) is 2.35. The van der Waals surface area contributed by atoms with E-state index in [2.05, 4.69) is 15.0 Å². The van der Waals surface area contributed by atoms with Crippen LogP contribution in [-0.2, 0) is 0 Å². The van der Waals surface area contributed by atoms with Crippen LogP contribution in [0.25, 0.3) is 33.5 Å². The van der Waals surface area contributed by atoms with Crippen LogP contribution in [0.2, 0.25) is 0 Å². The molecule has 0 atom stereocenters. The highest BCUT2D eigenvalue weighted by Gasteiger charge is 2.08. The first-order chi connectivity index (χ1) is 9.69. The summed E-state index contributed by atoms with van der Waals surface area (Å²) in [6.45, 7) is 1.84. The Kier molecular flexibility index (Phi) is 2.12. The lowest BCUT2D eigenvalue weighted by atomic mass is 10.2. The van der Waals surface area contributed by atoms with Gasteiger partial charge in [0.05, 0.1) is 11.0 Å². The second-order valence-electron chi connectivity index (χ2n) is 4.78. The molecule has 0 aliphatic rings. The van der Waals surface area contributed by atoms with Gasteiger partial charge in [0.2, 0.25) is 0 Å².